The average molecular weight is 219 g/mol. The molecule has 2 unspecified atom stereocenters. The smallest absolute Gasteiger partial charge is 0.131 e. The van der Waals surface area contributed by atoms with Crippen molar-refractivity contribution in [2.75, 3.05) is 18.0 Å². The molecule has 1 aliphatic rings. The van der Waals surface area contributed by atoms with Crippen molar-refractivity contribution in [1.29, 1.82) is 0 Å². The standard InChI is InChI=1S/C13H21N3/c1-10-5-7-16(12(8-10)9-14)13-11(2)4-3-6-15-13/h3-4,6,10,12H,5,7-9,14H2,1-2H3. The third-order valence-corrected chi connectivity index (χ3v) is 3.50. The lowest BCUT2D eigenvalue weighted by Gasteiger charge is -2.39. The highest BCUT2D eigenvalue weighted by molar-refractivity contribution is 5.47. The molecule has 16 heavy (non-hydrogen) atoms. The summed E-state index contributed by atoms with van der Waals surface area (Å²) in [5.41, 5.74) is 7.12. The molecule has 0 aliphatic carbocycles. The molecular formula is C13H21N3. The van der Waals surface area contributed by atoms with Crippen molar-refractivity contribution in [3.05, 3.63) is 23.9 Å². The molecule has 0 aromatic carbocycles. The SMILES string of the molecule is Cc1cccnc1N1CCC(C)CC1CN. The lowest BCUT2D eigenvalue weighted by atomic mass is 9.92. The van der Waals surface area contributed by atoms with Crippen molar-refractivity contribution in [3.63, 3.8) is 0 Å². The van der Waals surface area contributed by atoms with Crippen LogP contribution in [0.5, 0.6) is 0 Å². The summed E-state index contributed by atoms with van der Waals surface area (Å²) in [7, 11) is 0. The van der Waals surface area contributed by atoms with E-state index >= 15 is 0 Å². The maximum absolute atomic E-state index is 5.87. The summed E-state index contributed by atoms with van der Waals surface area (Å²) in [4.78, 5) is 6.88. The molecule has 0 amide bonds. The zero-order valence-corrected chi connectivity index (χ0v) is 10.2. The van der Waals surface area contributed by atoms with Gasteiger partial charge in [0.1, 0.15) is 5.82 Å². The fourth-order valence-electron chi connectivity index (χ4n) is 2.53. The highest BCUT2D eigenvalue weighted by atomic mass is 15.2. The minimum atomic E-state index is 0.456. The van der Waals surface area contributed by atoms with Gasteiger partial charge in [-0.25, -0.2) is 4.98 Å². The molecule has 88 valence electrons. The quantitative estimate of drug-likeness (QED) is 0.826. The van der Waals surface area contributed by atoms with E-state index in [4.69, 9.17) is 5.73 Å². The summed E-state index contributed by atoms with van der Waals surface area (Å²) in [6, 6.07) is 4.56. The normalized spacial score (nSPS) is 25.8. The van der Waals surface area contributed by atoms with E-state index in [0.29, 0.717) is 6.04 Å². The van der Waals surface area contributed by atoms with Crippen LogP contribution < -0.4 is 10.6 Å². The first-order valence-corrected chi connectivity index (χ1v) is 6.10. The molecule has 1 aromatic heterocycles. The molecule has 1 saturated heterocycles. The van der Waals surface area contributed by atoms with Crippen molar-refractivity contribution in [1.82, 2.24) is 4.98 Å². The molecule has 3 nitrogen and oxygen atoms in total. The van der Waals surface area contributed by atoms with Crippen molar-refractivity contribution in [3.8, 4) is 0 Å². The van der Waals surface area contributed by atoms with Gasteiger partial charge in [0.2, 0.25) is 0 Å². The van der Waals surface area contributed by atoms with Crippen LogP contribution in [0.3, 0.4) is 0 Å². The summed E-state index contributed by atoms with van der Waals surface area (Å²) < 4.78 is 0. The zero-order chi connectivity index (χ0) is 11.5. The third-order valence-electron chi connectivity index (χ3n) is 3.50. The van der Waals surface area contributed by atoms with Crippen molar-refractivity contribution in [2.45, 2.75) is 32.7 Å². The minimum absolute atomic E-state index is 0.456. The predicted octanol–water partition coefficient (Wildman–Crippen LogP) is 1.95. The van der Waals surface area contributed by atoms with Gasteiger partial charge >= 0.3 is 0 Å². The number of pyridine rings is 1. The Balaban J connectivity index is 2.22. The second-order valence-electron chi connectivity index (χ2n) is 4.86. The van der Waals surface area contributed by atoms with Gasteiger partial charge in [-0.1, -0.05) is 13.0 Å². The Bertz CT molecular complexity index is 351. The van der Waals surface area contributed by atoms with Crippen LogP contribution in [0.25, 0.3) is 0 Å². The Morgan fingerprint density at radius 3 is 3.06 bits per heavy atom. The summed E-state index contributed by atoms with van der Waals surface area (Å²) in [6.45, 7) is 6.24. The fourth-order valence-corrected chi connectivity index (χ4v) is 2.53. The Kier molecular flexibility index (Phi) is 3.44. The molecule has 0 spiro atoms. The number of aryl methyl sites for hydroxylation is 1. The van der Waals surface area contributed by atoms with E-state index in [1.54, 1.807) is 0 Å². The maximum Gasteiger partial charge on any atom is 0.131 e. The molecule has 2 heterocycles. The maximum atomic E-state index is 5.87. The van der Waals surface area contributed by atoms with Crippen molar-refractivity contribution >= 4 is 5.82 Å². The molecule has 2 N–H and O–H groups in total. The molecular weight excluding hydrogens is 198 g/mol. The van der Waals surface area contributed by atoms with E-state index in [1.165, 1.54) is 18.4 Å². The number of anilines is 1. The van der Waals surface area contributed by atoms with Crippen LogP contribution >= 0.6 is 0 Å². The van der Waals surface area contributed by atoms with Crippen LogP contribution in [0.1, 0.15) is 25.3 Å². The lowest BCUT2D eigenvalue weighted by Crippen LogP contribution is -2.47. The average Bonchev–Trinajstić information content (AvgIpc) is 2.30. The van der Waals surface area contributed by atoms with E-state index in [-0.39, 0.29) is 0 Å². The molecule has 0 radical (unpaired) electrons. The third kappa shape index (κ3) is 2.19. The number of nitrogens with two attached hydrogens (primary N) is 1. The topological polar surface area (TPSA) is 42.2 Å². The summed E-state index contributed by atoms with van der Waals surface area (Å²) >= 11 is 0. The van der Waals surface area contributed by atoms with Gasteiger partial charge in [-0.15, -0.1) is 0 Å². The summed E-state index contributed by atoms with van der Waals surface area (Å²) in [5.74, 6) is 1.90. The Morgan fingerprint density at radius 2 is 2.38 bits per heavy atom. The van der Waals surface area contributed by atoms with Gasteiger partial charge in [-0.2, -0.15) is 0 Å². The van der Waals surface area contributed by atoms with Crippen LogP contribution in [0.2, 0.25) is 0 Å². The first-order valence-electron chi connectivity index (χ1n) is 6.10. The van der Waals surface area contributed by atoms with Crippen LogP contribution in [-0.4, -0.2) is 24.1 Å². The number of hydrogen-bond acceptors (Lipinski definition) is 3. The van der Waals surface area contributed by atoms with Crippen molar-refractivity contribution in [2.24, 2.45) is 11.7 Å². The Morgan fingerprint density at radius 1 is 1.56 bits per heavy atom. The molecule has 2 rings (SSSR count). The Labute approximate surface area is 97.7 Å². The van der Waals surface area contributed by atoms with Gasteiger partial charge in [0.25, 0.3) is 0 Å². The van der Waals surface area contributed by atoms with Gasteiger partial charge in [0.05, 0.1) is 0 Å². The minimum Gasteiger partial charge on any atom is -0.352 e. The molecule has 0 bridgehead atoms. The summed E-state index contributed by atoms with van der Waals surface area (Å²) in [6.07, 6.45) is 4.30. The van der Waals surface area contributed by atoms with Gasteiger partial charge in [-0.3, -0.25) is 0 Å². The summed E-state index contributed by atoms with van der Waals surface area (Å²) in [5, 5.41) is 0. The van der Waals surface area contributed by atoms with Crippen LogP contribution in [0.4, 0.5) is 5.82 Å². The monoisotopic (exact) mass is 219 g/mol. The van der Waals surface area contributed by atoms with Gasteiger partial charge < -0.3 is 10.6 Å². The predicted molar refractivity (Wildman–Crippen MR) is 67.6 cm³/mol. The van der Waals surface area contributed by atoms with Gasteiger partial charge in [0.15, 0.2) is 0 Å². The van der Waals surface area contributed by atoms with E-state index < -0.39 is 0 Å². The van der Waals surface area contributed by atoms with E-state index in [0.717, 1.165) is 24.8 Å². The van der Waals surface area contributed by atoms with E-state index in [9.17, 15) is 0 Å². The first kappa shape index (κ1) is 11.4. The molecule has 1 aliphatic heterocycles. The van der Waals surface area contributed by atoms with Crippen molar-refractivity contribution < 1.29 is 0 Å². The second-order valence-corrected chi connectivity index (χ2v) is 4.86. The Hall–Kier alpha value is -1.09. The molecule has 3 heteroatoms. The van der Waals surface area contributed by atoms with Gasteiger partial charge in [0, 0.05) is 25.3 Å². The second kappa shape index (κ2) is 4.83. The molecule has 0 saturated carbocycles. The van der Waals surface area contributed by atoms with Crippen LogP contribution in [0.15, 0.2) is 18.3 Å². The van der Waals surface area contributed by atoms with Gasteiger partial charge in [-0.05, 0) is 37.3 Å². The van der Waals surface area contributed by atoms with Crippen LogP contribution in [-0.2, 0) is 0 Å². The number of nitrogens with zero attached hydrogens (tertiary/aromatic N) is 2. The number of piperidine rings is 1. The molecule has 2 atom stereocenters. The van der Waals surface area contributed by atoms with Crippen LogP contribution in [0, 0.1) is 12.8 Å². The number of aromatic nitrogens is 1. The van der Waals surface area contributed by atoms with E-state index in [1.807, 2.05) is 12.3 Å². The fraction of sp³-hybridized carbons (Fsp3) is 0.615. The zero-order valence-electron chi connectivity index (χ0n) is 10.2. The lowest BCUT2D eigenvalue weighted by molar-refractivity contribution is 0.364. The first-order chi connectivity index (χ1) is 7.72. The molecule has 1 fully saturated rings. The van der Waals surface area contributed by atoms with E-state index in [2.05, 4.69) is 29.8 Å². The highest BCUT2D eigenvalue weighted by Gasteiger charge is 2.26. The number of hydrogen-bond donors (Lipinski definition) is 1. The highest BCUT2D eigenvalue weighted by Crippen LogP contribution is 2.27. The molecule has 1 aromatic rings. The largest absolute Gasteiger partial charge is 0.352 e. The number of rotatable bonds is 2.